The van der Waals surface area contributed by atoms with Crippen LogP contribution in [0.15, 0.2) is 0 Å². The van der Waals surface area contributed by atoms with E-state index in [4.69, 9.17) is 4.98 Å². The number of anilines is 1. The van der Waals surface area contributed by atoms with Gasteiger partial charge >= 0.3 is 0 Å². The number of aromatic nitrogens is 2. The van der Waals surface area contributed by atoms with Crippen molar-refractivity contribution < 1.29 is 0 Å². The molecule has 0 aliphatic carbocycles. The normalized spacial score (nSPS) is 28.7. The van der Waals surface area contributed by atoms with Crippen molar-refractivity contribution >= 4 is 16.7 Å². The second-order valence-corrected chi connectivity index (χ2v) is 7.67. The van der Waals surface area contributed by atoms with Gasteiger partial charge < -0.3 is 4.90 Å². The van der Waals surface area contributed by atoms with Crippen molar-refractivity contribution in [3.63, 3.8) is 0 Å². The number of nitrogens with zero attached hydrogens (tertiary/aromatic N) is 4. The van der Waals surface area contributed by atoms with Gasteiger partial charge in [0.05, 0.1) is 0 Å². The van der Waals surface area contributed by atoms with Crippen LogP contribution in [0.1, 0.15) is 45.9 Å². The Morgan fingerprint density at radius 2 is 1.89 bits per heavy atom. The maximum atomic E-state index is 4.77. The summed E-state index contributed by atoms with van der Waals surface area (Å²) in [5.74, 6) is 0.982. The lowest BCUT2D eigenvalue weighted by Crippen LogP contribution is -2.36. The maximum Gasteiger partial charge on any atom is 0.205 e. The third-order valence-corrected chi connectivity index (χ3v) is 5.28. The van der Waals surface area contributed by atoms with Gasteiger partial charge in [-0.15, -0.1) is 0 Å². The summed E-state index contributed by atoms with van der Waals surface area (Å²) < 4.78 is 4.55. The molecule has 5 heteroatoms. The Bertz CT molecular complexity index is 451. The van der Waals surface area contributed by atoms with E-state index in [9.17, 15) is 0 Å². The van der Waals surface area contributed by atoms with Gasteiger partial charge in [0.25, 0.3) is 0 Å². The lowest BCUT2D eigenvalue weighted by Gasteiger charge is -2.25. The standard InChI is InChI=1S/C14H24N4S/c1-14(2,3)12-15-13(19-16-12)18-8-7-10-5-6-11(9-18)17(10)4/h10-11H,5-9H2,1-4H3. The van der Waals surface area contributed by atoms with Crippen LogP contribution in [0.4, 0.5) is 5.13 Å². The van der Waals surface area contributed by atoms with Gasteiger partial charge in [0.15, 0.2) is 0 Å². The third kappa shape index (κ3) is 2.50. The molecule has 2 aliphatic heterocycles. The molecule has 1 aromatic heterocycles. The van der Waals surface area contributed by atoms with E-state index >= 15 is 0 Å². The summed E-state index contributed by atoms with van der Waals surface area (Å²) in [7, 11) is 2.28. The van der Waals surface area contributed by atoms with Gasteiger partial charge in [0.1, 0.15) is 5.82 Å². The van der Waals surface area contributed by atoms with Crippen molar-refractivity contribution in [2.75, 3.05) is 25.0 Å². The molecule has 4 nitrogen and oxygen atoms in total. The summed E-state index contributed by atoms with van der Waals surface area (Å²) in [5, 5.41) is 1.12. The van der Waals surface area contributed by atoms with Crippen LogP contribution < -0.4 is 4.90 Å². The first-order valence-electron chi connectivity index (χ1n) is 7.26. The molecule has 0 spiro atoms. The first-order chi connectivity index (χ1) is 8.95. The largest absolute Gasteiger partial charge is 0.345 e. The Morgan fingerprint density at radius 1 is 1.16 bits per heavy atom. The van der Waals surface area contributed by atoms with Crippen molar-refractivity contribution in [2.45, 2.75) is 57.5 Å². The zero-order valence-electron chi connectivity index (χ0n) is 12.4. The van der Waals surface area contributed by atoms with E-state index in [-0.39, 0.29) is 5.41 Å². The van der Waals surface area contributed by atoms with Gasteiger partial charge in [-0.3, -0.25) is 4.90 Å². The molecule has 19 heavy (non-hydrogen) atoms. The number of rotatable bonds is 1. The van der Waals surface area contributed by atoms with Crippen LogP contribution in [0.5, 0.6) is 0 Å². The number of likely N-dealkylation sites (N-methyl/N-ethyl adjacent to an activating group) is 1. The van der Waals surface area contributed by atoms with Crippen LogP contribution in [0.3, 0.4) is 0 Å². The van der Waals surface area contributed by atoms with Crippen LogP contribution in [-0.2, 0) is 5.41 Å². The number of fused-ring (bicyclic) bond motifs is 2. The molecule has 3 rings (SSSR count). The smallest absolute Gasteiger partial charge is 0.205 e. The SMILES string of the molecule is CN1C2CCC1CN(c1nc(C(C)(C)C)ns1)CC2. The first-order valence-corrected chi connectivity index (χ1v) is 8.03. The molecule has 2 fully saturated rings. The molecule has 0 saturated carbocycles. The average molecular weight is 280 g/mol. The minimum Gasteiger partial charge on any atom is -0.345 e. The van der Waals surface area contributed by atoms with E-state index in [0.717, 1.165) is 30.1 Å². The average Bonchev–Trinajstić information content (AvgIpc) is 2.85. The van der Waals surface area contributed by atoms with E-state index in [0.29, 0.717) is 6.04 Å². The fraction of sp³-hybridized carbons (Fsp3) is 0.857. The van der Waals surface area contributed by atoms with Crippen LogP contribution >= 0.6 is 11.5 Å². The third-order valence-electron chi connectivity index (χ3n) is 4.51. The highest BCUT2D eigenvalue weighted by Crippen LogP contribution is 2.32. The minimum atomic E-state index is 0.0520. The molecular formula is C14H24N4S. The lowest BCUT2D eigenvalue weighted by atomic mass is 9.96. The summed E-state index contributed by atoms with van der Waals surface area (Å²) in [4.78, 5) is 9.80. The molecule has 0 radical (unpaired) electrons. The molecule has 106 valence electrons. The van der Waals surface area contributed by atoms with Gasteiger partial charge in [-0.25, -0.2) is 4.98 Å². The quantitative estimate of drug-likeness (QED) is 0.791. The van der Waals surface area contributed by atoms with Gasteiger partial charge in [-0.05, 0) is 26.3 Å². The first kappa shape index (κ1) is 13.3. The Hall–Kier alpha value is -0.680. The molecule has 2 aliphatic rings. The summed E-state index contributed by atoms with van der Waals surface area (Å²) in [6.45, 7) is 8.78. The Balaban J connectivity index is 1.78. The highest BCUT2D eigenvalue weighted by molar-refractivity contribution is 7.09. The molecule has 3 heterocycles. The van der Waals surface area contributed by atoms with Crippen molar-refractivity contribution in [1.29, 1.82) is 0 Å². The molecule has 1 aromatic rings. The summed E-state index contributed by atoms with van der Waals surface area (Å²) in [5.41, 5.74) is 0.0520. The molecule has 2 unspecified atom stereocenters. The summed E-state index contributed by atoms with van der Waals surface area (Å²) in [6, 6.07) is 1.49. The molecule has 2 bridgehead atoms. The Labute approximate surface area is 120 Å². The fourth-order valence-corrected chi connectivity index (χ4v) is 4.02. The monoisotopic (exact) mass is 280 g/mol. The van der Waals surface area contributed by atoms with E-state index in [2.05, 4.69) is 42.0 Å². The van der Waals surface area contributed by atoms with Gasteiger partial charge in [0, 0.05) is 42.1 Å². The second kappa shape index (κ2) is 4.70. The molecule has 0 amide bonds. The molecule has 0 aromatic carbocycles. The molecule has 2 atom stereocenters. The maximum absolute atomic E-state index is 4.77. The lowest BCUT2D eigenvalue weighted by molar-refractivity contribution is 0.254. The molecule has 2 saturated heterocycles. The number of hydrogen-bond acceptors (Lipinski definition) is 5. The van der Waals surface area contributed by atoms with Gasteiger partial charge in [-0.1, -0.05) is 20.8 Å². The summed E-state index contributed by atoms with van der Waals surface area (Å²) >= 11 is 1.57. The van der Waals surface area contributed by atoms with Crippen molar-refractivity contribution in [3.05, 3.63) is 5.82 Å². The topological polar surface area (TPSA) is 32.3 Å². The van der Waals surface area contributed by atoms with E-state index in [1.165, 1.54) is 19.3 Å². The zero-order chi connectivity index (χ0) is 13.6. The van der Waals surface area contributed by atoms with Gasteiger partial charge in [0.2, 0.25) is 5.13 Å². The van der Waals surface area contributed by atoms with Crippen LogP contribution in [0.2, 0.25) is 0 Å². The number of hydrogen-bond donors (Lipinski definition) is 0. The molecule has 0 N–H and O–H groups in total. The second-order valence-electron chi connectivity index (χ2n) is 6.94. The van der Waals surface area contributed by atoms with Crippen LogP contribution in [-0.4, -0.2) is 46.5 Å². The minimum absolute atomic E-state index is 0.0520. The van der Waals surface area contributed by atoms with Crippen molar-refractivity contribution in [1.82, 2.24) is 14.3 Å². The van der Waals surface area contributed by atoms with Gasteiger partial charge in [-0.2, -0.15) is 4.37 Å². The van der Waals surface area contributed by atoms with Crippen molar-refractivity contribution in [2.24, 2.45) is 0 Å². The van der Waals surface area contributed by atoms with Crippen molar-refractivity contribution in [3.8, 4) is 0 Å². The van der Waals surface area contributed by atoms with E-state index in [1.807, 2.05) is 0 Å². The predicted octanol–water partition coefficient (Wildman–Crippen LogP) is 2.51. The zero-order valence-corrected chi connectivity index (χ0v) is 13.2. The van der Waals surface area contributed by atoms with Crippen LogP contribution in [0.25, 0.3) is 0 Å². The molecular weight excluding hydrogens is 256 g/mol. The summed E-state index contributed by atoms with van der Waals surface area (Å²) in [6.07, 6.45) is 3.97. The highest BCUT2D eigenvalue weighted by Gasteiger charge is 2.35. The Morgan fingerprint density at radius 3 is 2.58 bits per heavy atom. The Kier molecular flexibility index (Phi) is 3.29. The highest BCUT2D eigenvalue weighted by atomic mass is 32.1. The fourth-order valence-electron chi connectivity index (χ4n) is 3.13. The van der Waals surface area contributed by atoms with Crippen LogP contribution in [0, 0.1) is 0 Å². The predicted molar refractivity (Wildman–Crippen MR) is 80.0 cm³/mol. The van der Waals surface area contributed by atoms with E-state index < -0.39 is 0 Å². The van der Waals surface area contributed by atoms with E-state index in [1.54, 1.807) is 11.5 Å².